The Morgan fingerprint density at radius 2 is 1.83 bits per heavy atom. The molecule has 1 heterocycles. The number of halogens is 2. The molecule has 0 spiro atoms. The van der Waals surface area contributed by atoms with Crippen molar-refractivity contribution in [1.29, 1.82) is 0 Å². The van der Waals surface area contributed by atoms with Crippen molar-refractivity contribution in [3.8, 4) is 0 Å². The first-order valence-corrected chi connectivity index (χ1v) is 11.9. The Morgan fingerprint density at radius 3 is 2.60 bits per heavy atom. The van der Waals surface area contributed by atoms with Crippen molar-refractivity contribution in [3.05, 3.63) is 58.1 Å². The molecule has 2 fully saturated rings. The Labute approximate surface area is 185 Å². The van der Waals surface area contributed by atoms with Crippen LogP contribution in [0.15, 0.2) is 47.4 Å². The third kappa shape index (κ3) is 4.73. The number of fused-ring (bicyclic) bond motifs is 1. The molecule has 1 aliphatic heterocycles. The molecule has 160 valence electrons. The van der Waals surface area contributed by atoms with E-state index in [4.69, 9.17) is 23.2 Å². The minimum Gasteiger partial charge on any atom is -0.349 e. The predicted octanol–water partition coefficient (Wildman–Crippen LogP) is 3.17. The number of hydrogen-bond acceptors (Lipinski definition) is 5. The normalized spacial score (nSPS) is 23.6. The summed E-state index contributed by atoms with van der Waals surface area (Å²) in [5.41, 5.74) is 7.02. The molecule has 0 radical (unpaired) electrons. The molecule has 1 saturated carbocycles. The molecule has 1 amide bonds. The maximum Gasteiger partial charge on any atom is 0.263 e. The Bertz CT molecular complexity index is 1050. The van der Waals surface area contributed by atoms with Gasteiger partial charge in [-0.1, -0.05) is 23.2 Å². The number of nitrogens with one attached hydrogen (secondary N) is 4. The predicted molar refractivity (Wildman–Crippen MR) is 117 cm³/mol. The number of hydrogen-bond donors (Lipinski definition) is 4. The van der Waals surface area contributed by atoms with E-state index in [0.29, 0.717) is 22.7 Å². The molecule has 2 aliphatic rings. The number of benzene rings is 2. The van der Waals surface area contributed by atoms with Crippen LogP contribution in [0, 0.1) is 5.92 Å². The van der Waals surface area contributed by atoms with Gasteiger partial charge in [0.05, 0.1) is 5.02 Å². The third-order valence-electron chi connectivity index (χ3n) is 5.55. The summed E-state index contributed by atoms with van der Waals surface area (Å²) in [6.07, 6.45) is 2.74. The molecule has 7 nitrogen and oxygen atoms in total. The molecule has 0 bridgehead atoms. The zero-order valence-corrected chi connectivity index (χ0v) is 18.3. The molecule has 4 N–H and O–H groups in total. The lowest BCUT2D eigenvalue weighted by Gasteiger charge is -2.31. The van der Waals surface area contributed by atoms with Gasteiger partial charge in [-0.15, -0.1) is 0 Å². The SMILES string of the molecule is O=C(NC1CCC2NNCC2C1)c1ccc(Cl)c(S(=O)(=O)Nc2ccc(Cl)cc2)c1. The van der Waals surface area contributed by atoms with Gasteiger partial charge in [-0.3, -0.25) is 20.4 Å². The van der Waals surface area contributed by atoms with Crippen molar-refractivity contribution in [2.45, 2.75) is 36.2 Å². The van der Waals surface area contributed by atoms with Crippen molar-refractivity contribution < 1.29 is 13.2 Å². The molecule has 0 aromatic heterocycles. The fraction of sp³-hybridized carbons (Fsp3) is 0.350. The highest BCUT2D eigenvalue weighted by Gasteiger charge is 2.34. The van der Waals surface area contributed by atoms with Crippen molar-refractivity contribution in [2.75, 3.05) is 11.3 Å². The molecule has 2 aromatic rings. The summed E-state index contributed by atoms with van der Waals surface area (Å²) in [7, 11) is -3.98. The van der Waals surface area contributed by atoms with Gasteiger partial charge in [0.1, 0.15) is 4.90 Å². The average Bonchev–Trinajstić information content (AvgIpc) is 3.17. The van der Waals surface area contributed by atoms with Gasteiger partial charge in [0.25, 0.3) is 15.9 Å². The van der Waals surface area contributed by atoms with Gasteiger partial charge in [0.2, 0.25) is 0 Å². The summed E-state index contributed by atoms with van der Waals surface area (Å²) < 4.78 is 28.1. The second-order valence-electron chi connectivity index (χ2n) is 7.63. The van der Waals surface area contributed by atoms with E-state index in [1.54, 1.807) is 24.3 Å². The van der Waals surface area contributed by atoms with Crippen LogP contribution in [-0.4, -0.2) is 33.0 Å². The second kappa shape index (κ2) is 8.72. The molecule has 2 aromatic carbocycles. The second-order valence-corrected chi connectivity index (χ2v) is 10.1. The summed E-state index contributed by atoms with van der Waals surface area (Å²) in [4.78, 5) is 12.6. The minimum absolute atomic E-state index is 0.0385. The van der Waals surface area contributed by atoms with Gasteiger partial charge >= 0.3 is 0 Å². The van der Waals surface area contributed by atoms with E-state index in [0.717, 1.165) is 25.8 Å². The quantitative estimate of drug-likeness (QED) is 0.539. The average molecular weight is 469 g/mol. The van der Waals surface area contributed by atoms with Crippen LogP contribution in [0.2, 0.25) is 10.0 Å². The Kier molecular flexibility index (Phi) is 6.22. The van der Waals surface area contributed by atoms with Crippen molar-refractivity contribution >= 4 is 44.8 Å². The Morgan fingerprint density at radius 1 is 1.07 bits per heavy atom. The summed E-state index contributed by atoms with van der Waals surface area (Å²) >= 11 is 12.0. The van der Waals surface area contributed by atoms with E-state index in [1.165, 1.54) is 18.2 Å². The van der Waals surface area contributed by atoms with Crippen molar-refractivity contribution in [3.63, 3.8) is 0 Å². The lowest BCUT2D eigenvalue weighted by atomic mass is 9.83. The fourth-order valence-electron chi connectivity index (χ4n) is 3.98. The first-order chi connectivity index (χ1) is 14.3. The third-order valence-corrected chi connectivity index (χ3v) is 7.66. The molecular formula is C20H22Cl2N4O3S. The minimum atomic E-state index is -3.98. The standard InChI is InChI=1S/C20H22Cl2N4O3S/c21-14-2-4-15(5-3-14)26-30(28,29)19-10-12(1-7-17(19)22)20(27)24-16-6-8-18-13(9-16)11-23-25-18/h1-5,7,10,13,16,18,23,25-26H,6,8-9,11H2,(H,24,27). The van der Waals surface area contributed by atoms with Crippen LogP contribution in [0.1, 0.15) is 29.6 Å². The number of anilines is 1. The summed E-state index contributed by atoms with van der Waals surface area (Å²) in [5, 5.41) is 3.57. The van der Waals surface area contributed by atoms with Gasteiger partial charge in [0, 0.05) is 34.9 Å². The summed E-state index contributed by atoms with van der Waals surface area (Å²) in [6.45, 7) is 0.886. The maximum atomic E-state index is 12.8. The fourth-order valence-corrected chi connectivity index (χ4v) is 5.69. The van der Waals surface area contributed by atoms with Crippen LogP contribution >= 0.6 is 23.2 Å². The van der Waals surface area contributed by atoms with Crippen LogP contribution in [-0.2, 0) is 10.0 Å². The van der Waals surface area contributed by atoms with Crippen LogP contribution in [0.25, 0.3) is 0 Å². The summed E-state index contributed by atoms with van der Waals surface area (Å²) in [6, 6.07) is 11.0. The van der Waals surface area contributed by atoms with Gasteiger partial charge in [0.15, 0.2) is 0 Å². The number of amides is 1. The molecule has 3 atom stereocenters. The first kappa shape index (κ1) is 21.4. The molecule has 1 saturated heterocycles. The largest absolute Gasteiger partial charge is 0.349 e. The molecule has 1 aliphatic carbocycles. The van der Waals surface area contributed by atoms with Gasteiger partial charge in [-0.2, -0.15) is 0 Å². The molecule has 30 heavy (non-hydrogen) atoms. The molecule has 10 heteroatoms. The van der Waals surface area contributed by atoms with E-state index >= 15 is 0 Å². The highest BCUT2D eigenvalue weighted by molar-refractivity contribution is 7.92. The van der Waals surface area contributed by atoms with Gasteiger partial charge < -0.3 is 5.32 Å². The first-order valence-electron chi connectivity index (χ1n) is 9.69. The van der Waals surface area contributed by atoms with E-state index < -0.39 is 10.0 Å². The molecule has 3 unspecified atom stereocenters. The van der Waals surface area contributed by atoms with E-state index in [2.05, 4.69) is 20.9 Å². The van der Waals surface area contributed by atoms with Crippen molar-refractivity contribution in [2.24, 2.45) is 5.92 Å². The van der Waals surface area contributed by atoms with Crippen LogP contribution in [0.3, 0.4) is 0 Å². The smallest absolute Gasteiger partial charge is 0.263 e. The Hall–Kier alpha value is -1.84. The lowest BCUT2D eigenvalue weighted by Crippen LogP contribution is -2.44. The zero-order valence-electron chi connectivity index (χ0n) is 16.0. The highest BCUT2D eigenvalue weighted by atomic mass is 35.5. The van der Waals surface area contributed by atoms with E-state index in [9.17, 15) is 13.2 Å². The van der Waals surface area contributed by atoms with Crippen molar-refractivity contribution in [1.82, 2.24) is 16.2 Å². The van der Waals surface area contributed by atoms with Crippen LogP contribution < -0.4 is 20.9 Å². The monoisotopic (exact) mass is 468 g/mol. The topological polar surface area (TPSA) is 99.3 Å². The number of rotatable bonds is 5. The maximum absolute atomic E-state index is 12.8. The highest BCUT2D eigenvalue weighted by Crippen LogP contribution is 2.28. The Balaban J connectivity index is 1.49. The number of hydrazine groups is 1. The van der Waals surface area contributed by atoms with Gasteiger partial charge in [-0.25, -0.2) is 8.42 Å². The molecular weight excluding hydrogens is 447 g/mol. The van der Waals surface area contributed by atoms with E-state index in [1.807, 2.05) is 0 Å². The van der Waals surface area contributed by atoms with Crippen LogP contribution in [0.4, 0.5) is 5.69 Å². The number of carbonyl (C=O) groups excluding carboxylic acids is 1. The number of carbonyl (C=O) groups is 1. The van der Waals surface area contributed by atoms with Crippen LogP contribution in [0.5, 0.6) is 0 Å². The summed E-state index contributed by atoms with van der Waals surface area (Å²) in [5.74, 6) is 0.172. The lowest BCUT2D eigenvalue weighted by molar-refractivity contribution is 0.0918. The zero-order chi connectivity index (χ0) is 21.3. The molecule has 4 rings (SSSR count). The van der Waals surface area contributed by atoms with Gasteiger partial charge in [-0.05, 0) is 67.6 Å². The van der Waals surface area contributed by atoms with E-state index in [-0.39, 0.29) is 27.4 Å². The number of sulfonamides is 1.